The molecular formula is C23H16BrNO5. The van der Waals surface area contributed by atoms with Crippen LogP contribution in [0, 0.1) is 17.0 Å². The quantitative estimate of drug-likeness (QED) is 0.265. The molecule has 0 aliphatic rings. The van der Waals surface area contributed by atoms with Crippen LogP contribution >= 0.6 is 15.9 Å². The van der Waals surface area contributed by atoms with Crippen LogP contribution in [0.4, 0.5) is 5.69 Å². The second-order valence-electron chi connectivity index (χ2n) is 6.74. The van der Waals surface area contributed by atoms with Gasteiger partial charge in [0.05, 0.1) is 15.9 Å². The minimum Gasteiger partial charge on any atom is -0.489 e. The molecule has 0 atom stereocenters. The molecule has 0 amide bonds. The number of ether oxygens (including phenoxy) is 1. The summed E-state index contributed by atoms with van der Waals surface area (Å²) in [7, 11) is 0. The zero-order chi connectivity index (χ0) is 21.3. The Morgan fingerprint density at radius 1 is 1.03 bits per heavy atom. The summed E-state index contributed by atoms with van der Waals surface area (Å²) >= 11 is 3.40. The third-order valence-corrected chi connectivity index (χ3v) is 5.25. The average Bonchev–Trinajstić information content (AvgIpc) is 2.73. The first kappa shape index (κ1) is 19.8. The molecule has 0 fully saturated rings. The van der Waals surface area contributed by atoms with E-state index in [0.29, 0.717) is 28.0 Å². The van der Waals surface area contributed by atoms with E-state index in [2.05, 4.69) is 15.9 Å². The number of benzene rings is 3. The number of fused-ring (bicyclic) bond motifs is 1. The van der Waals surface area contributed by atoms with Gasteiger partial charge in [0.2, 0.25) is 5.43 Å². The molecule has 7 heteroatoms. The number of non-ortho nitro benzene ring substituents is 1. The summed E-state index contributed by atoms with van der Waals surface area (Å²) in [4.78, 5) is 23.3. The second-order valence-corrected chi connectivity index (χ2v) is 7.66. The molecule has 0 aliphatic heterocycles. The van der Waals surface area contributed by atoms with Crippen LogP contribution in [0.3, 0.4) is 0 Å². The van der Waals surface area contributed by atoms with Crippen LogP contribution in [0.25, 0.3) is 22.1 Å². The van der Waals surface area contributed by atoms with Crippen LogP contribution in [0.5, 0.6) is 5.75 Å². The SMILES string of the molecule is Cc1oc2cc(OCc3ccc([N+](=O)[O-])cc3)ccc2c(=O)c1-c1ccc(Br)cc1. The Kier molecular flexibility index (Phi) is 5.37. The summed E-state index contributed by atoms with van der Waals surface area (Å²) in [5.74, 6) is 1.07. The van der Waals surface area contributed by atoms with Crippen LogP contribution in [0.1, 0.15) is 11.3 Å². The first-order valence-electron chi connectivity index (χ1n) is 9.12. The van der Waals surface area contributed by atoms with Gasteiger partial charge in [-0.15, -0.1) is 0 Å². The second kappa shape index (κ2) is 8.12. The van der Waals surface area contributed by atoms with E-state index in [0.717, 1.165) is 15.6 Å². The smallest absolute Gasteiger partial charge is 0.269 e. The Morgan fingerprint density at radius 2 is 1.73 bits per heavy atom. The normalized spacial score (nSPS) is 10.9. The van der Waals surface area contributed by atoms with Crippen molar-refractivity contribution in [1.82, 2.24) is 0 Å². The van der Waals surface area contributed by atoms with E-state index in [1.165, 1.54) is 12.1 Å². The van der Waals surface area contributed by atoms with Crippen LogP contribution in [0.2, 0.25) is 0 Å². The van der Waals surface area contributed by atoms with E-state index >= 15 is 0 Å². The maximum absolute atomic E-state index is 13.0. The molecular weight excluding hydrogens is 450 g/mol. The number of rotatable bonds is 5. The number of nitro benzene ring substituents is 1. The van der Waals surface area contributed by atoms with Crippen LogP contribution in [0.15, 0.2) is 80.4 Å². The topological polar surface area (TPSA) is 82.6 Å². The van der Waals surface area contributed by atoms with Crippen molar-refractivity contribution in [3.63, 3.8) is 0 Å². The number of halogens is 1. The lowest BCUT2D eigenvalue weighted by atomic mass is 10.0. The largest absolute Gasteiger partial charge is 0.489 e. The molecule has 4 rings (SSSR count). The van der Waals surface area contributed by atoms with Crippen molar-refractivity contribution in [2.45, 2.75) is 13.5 Å². The van der Waals surface area contributed by atoms with Crippen molar-refractivity contribution in [1.29, 1.82) is 0 Å². The van der Waals surface area contributed by atoms with Crippen molar-refractivity contribution in [3.05, 3.63) is 103 Å². The van der Waals surface area contributed by atoms with E-state index in [1.807, 2.05) is 24.3 Å². The third kappa shape index (κ3) is 3.97. The molecule has 0 unspecified atom stereocenters. The fraction of sp³-hybridized carbons (Fsp3) is 0.0870. The summed E-state index contributed by atoms with van der Waals surface area (Å²) in [6.07, 6.45) is 0. The zero-order valence-electron chi connectivity index (χ0n) is 15.9. The number of aryl methyl sites for hydroxylation is 1. The van der Waals surface area contributed by atoms with Crippen molar-refractivity contribution in [3.8, 4) is 16.9 Å². The predicted octanol–water partition coefficient (Wildman–Crippen LogP) is 6.02. The highest BCUT2D eigenvalue weighted by Crippen LogP contribution is 2.27. The Hall–Kier alpha value is -3.45. The Labute approximate surface area is 180 Å². The number of nitro groups is 1. The standard InChI is InChI=1S/C23H16BrNO5/c1-14-22(16-4-6-17(24)7-5-16)23(26)20-11-10-19(12-21(20)30-14)29-13-15-2-8-18(9-3-15)25(27)28/h2-12H,13H2,1H3. The summed E-state index contributed by atoms with van der Waals surface area (Å²) in [6.45, 7) is 2.01. The molecule has 1 aromatic heterocycles. The minimum atomic E-state index is -0.444. The van der Waals surface area contributed by atoms with E-state index in [4.69, 9.17) is 9.15 Å². The molecule has 0 N–H and O–H groups in total. The monoisotopic (exact) mass is 465 g/mol. The number of hydrogen-bond donors (Lipinski definition) is 0. The summed E-state index contributed by atoms with van der Waals surface area (Å²) in [5, 5.41) is 11.2. The van der Waals surface area contributed by atoms with Crippen LogP contribution in [-0.4, -0.2) is 4.92 Å². The van der Waals surface area contributed by atoms with E-state index in [1.54, 1.807) is 37.3 Å². The lowest BCUT2D eigenvalue weighted by molar-refractivity contribution is -0.384. The molecule has 6 nitrogen and oxygen atoms in total. The highest BCUT2D eigenvalue weighted by Gasteiger charge is 2.14. The van der Waals surface area contributed by atoms with Gasteiger partial charge in [-0.1, -0.05) is 28.1 Å². The maximum Gasteiger partial charge on any atom is 0.269 e. The van der Waals surface area contributed by atoms with E-state index < -0.39 is 4.92 Å². The van der Waals surface area contributed by atoms with Gasteiger partial charge < -0.3 is 9.15 Å². The van der Waals surface area contributed by atoms with E-state index in [-0.39, 0.29) is 17.7 Å². The lowest BCUT2D eigenvalue weighted by Crippen LogP contribution is -2.07. The van der Waals surface area contributed by atoms with Gasteiger partial charge >= 0.3 is 0 Å². The number of nitrogens with zero attached hydrogens (tertiary/aromatic N) is 1. The Balaban J connectivity index is 1.61. The summed E-state index contributed by atoms with van der Waals surface area (Å²) in [6, 6.07) is 18.8. The van der Waals surface area contributed by atoms with Crippen molar-refractivity contribution in [2.75, 3.05) is 0 Å². The molecule has 0 bridgehead atoms. The fourth-order valence-corrected chi connectivity index (χ4v) is 3.47. The van der Waals surface area contributed by atoms with Gasteiger partial charge in [0.1, 0.15) is 23.7 Å². The Morgan fingerprint density at radius 3 is 2.40 bits per heavy atom. The van der Waals surface area contributed by atoms with Gasteiger partial charge in [0, 0.05) is 22.7 Å². The van der Waals surface area contributed by atoms with Crippen LogP contribution in [-0.2, 0) is 6.61 Å². The molecule has 1 heterocycles. The molecule has 0 spiro atoms. The lowest BCUT2D eigenvalue weighted by Gasteiger charge is -2.10. The molecule has 3 aromatic carbocycles. The van der Waals surface area contributed by atoms with Gasteiger partial charge in [0.15, 0.2) is 0 Å². The first-order chi connectivity index (χ1) is 14.4. The molecule has 0 aliphatic carbocycles. The third-order valence-electron chi connectivity index (χ3n) is 4.73. The minimum absolute atomic E-state index is 0.0308. The fourth-order valence-electron chi connectivity index (χ4n) is 3.21. The average molecular weight is 466 g/mol. The van der Waals surface area contributed by atoms with Gasteiger partial charge in [-0.25, -0.2) is 0 Å². The zero-order valence-corrected chi connectivity index (χ0v) is 17.5. The van der Waals surface area contributed by atoms with Crippen LogP contribution < -0.4 is 10.2 Å². The molecule has 30 heavy (non-hydrogen) atoms. The Bertz CT molecular complexity index is 1290. The highest BCUT2D eigenvalue weighted by molar-refractivity contribution is 9.10. The summed E-state index contributed by atoms with van der Waals surface area (Å²) < 4.78 is 12.6. The van der Waals surface area contributed by atoms with Gasteiger partial charge in [-0.3, -0.25) is 14.9 Å². The highest BCUT2D eigenvalue weighted by atomic mass is 79.9. The molecule has 0 saturated heterocycles. The predicted molar refractivity (Wildman–Crippen MR) is 118 cm³/mol. The maximum atomic E-state index is 13.0. The molecule has 4 aromatic rings. The van der Waals surface area contributed by atoms with Crippen molar-refractivity contribution in [2.24, 2.45) is 0 Å². The van der Waals surface area contributed by atoms with Gasteiger partial charge in [0.25, 0.3) is 5.69 Å². The molecule has 150 valence electrons. The number of hydrogen-bond acceptors (Lipinski definition) is 5. The molecule has 0 saturated carbocycles. The first-order valence-corrected chi connectivity index (χ1v) is 9.91. The summed E-state index contributed by atoms with van der Waals surface area (Å²) in [5.41, 5.74) is 2.50. The van der Waals surface area contributed by atoms with Crippen molar-refractivity contribution >= 4 is 32.6 Å². The van der Waals surface area contributed by atoms with Gasteiger partial charge in [-0.2, -0.15) is 0 Å². The van der Waals surface area contributed by atoms with Crippen molar-refractivity contribution < 1.29 is 14.1 Å². The van der Waals surface area contributed by atoms with Gasteiger partial charge in [-0.05, 0) is 54.4 Å². The van der Waals surface area contributed by atoms with E-state index in [9.17, 15) is 14.9 Å². The molecule has 0 radical (unpaired) electrons.